The Morgan fingerprint density at radius 3 is 2.67 bits per heavy atom. The number of nitrogens with two attached hydrogens (primary N) is 1. The van der Waals surface area contributed by atoms with Crippen molar-refractivity contribution >= 4 is 0 Å². The van der Waals surface area contributed by atoms with Crippen LogP contribution < -0.4 is 15.2 Å². The molecule has 1 aromatic heterocycles. The van der Waals surface area contributed by atoms with Gasteiger partial charge >= 0.3 is 0 Å². The first-order chi connectivity index (χ1) is 8.72. The summed E-state index contributed by atoms with van der Waals surface area (Å²) in [6.07, 6.45) is 0. The van der Waals surface area contributed by atoms with Crippen molar-refractivity contribution in [1.82, 2.24) is 4.98 Å². The molecule has 0 saturated carbocycles. The smallest absolute Gasteiger partial charge is 0.219 e. The van der Waals surface area contributed by atoms with Crippen molar-refractivity contribution in [3.05, 3.63) is 47.7 Å². The zero-order valence-corrected chi connectivity index (χ0v) is 10.5. The molecule has 1 aromatic carbocycles. The molecule has 0 unspecified atom stereocenters. The maximum atomic E-state index is 5.70. The van der Waals surface area contributed by atoms with Crippen LogP contribution in [0.2, 0.25) is 0 Å². The number of benzene rings is 1. The number of aromatic nitrogens is 1. The summed E-state index contributed by atoms with van der Waals surface area (Å²) < 4.78 is 11.0. The van der Waals surface area contributed by atoms with E-state index >= 15 is 0 Å². The molecule has 4 heteroatoms. The van der Waals surface area contributed by atoms with Crippen LogP contribution in [0.3, 0.4) is 0 Å². The Labute approximate surface area is 106 Å². The van der Waals surface area contributed by atoms with Gasteiger partial charge in [0.15, 0.2) is 11.5 Å². The van der Waals surface area contributed by atoms with E-state index in [-0.39, 0.29) is 0 Å². The average Bonchev–Trinajstić information content (AvgIpc) is 2.39. The Bertz CT molecular complexity index is 541. The molecule has 0 bridgehead atoms. The van der Waals surface area contributed by atoms with Gasteiger partial charge < -0.3 is 15.2 Å². The molecule has 0 saturated heterocycles. The highest BCUT2D eigenvalue weighted by atomic mass is 16.5. The zero-order valence-electron chi connectivity index (χ0n) is 10.5. The topological polar surface area (TPSA) is 57.4 Å². The molecule has 0 aliphatic heterocycles. The van der Waals surface area contributed by atoms with Crippen LogP contribution in [0.5, 0.6) is 17.4 Å². The summed E-state index contributed by atoms with van der Waals surface area (Å²) in [5.74, 6) is 1.84. The highest BCUT2D eigenvalue weighted by molar-refractivity contribution is 5.44. The SMILES string of the molecule is COc1cc(CN)ccc1Oc1cccc(C)n1. The predicted octanol–water partition coefficient (Wildman–Crippen LogP) is 2.65. The zero-order chi connectivity index (χ0) is 13.0. The van der Waals surface area contributed by atoms with Crippen molar-refractivity contribution in [2.75, 3.05) is 7.11 Å². The van der Waals surface area contributed by atoms with E-state index in [0.29, 0.717) is 23.9 Å². The van der Waals surface area contributed by atoms with Gasteiger partial charge in [-0.25, -0.2) is 4.98 Å². The van der Waals surface area contributed by atoms with E-state index in [1.807, 2.05) is 43.3 Å². The maximum Gasteiger partial charge on any atom is 0.219 e. The van der Waals surface area contributed by atoms with E-state index in [1.165, 1.54) is 0 Å². The highest BCUT2D eigenvalue weighted by Crippen LogP contribution is 2.31. The van der Waals surface area contributed by atoms with E-state index < -0.39 is 0 Å². The van der Waals surface area contributed by atoms with Crippen molar-refractivity contribution in [2.45, 2.75) is 13.5 Å². The lowest BCUT2D eigenvalue weighted by atomic mass is 10.2. The summed E-state index contributed by atoms with van der Waals surface area (Å²) in [6.45, 7) is 2.39. The summed E-state index contributed by atoms with van der Waals surface area (Å²) in [5, 5.41) is 0. The first-order valence-electron chi connectivity index (χ1n) is 5.71. The van der Waals surface area contributed by atoms with Gasteiger partial charge in [0, 0.05) is 18.3 Å². The fraction of sp³-hybridized carbons (Fsp3) is 0.214. The van der Waals surface area contributed by atoms with Crippen LogP contribution in [0, 0.1) is 6.92 Å². The molecule has 0 fully saturated rings. The molecule has 0 spiro atoms. The van der Waals surface area contributed by atoms with Crippen LogP contribution in [0.25, 0.3) is 0 Å². The van der Waals surface area contributed by atoms with Gasteiger partial charge in [0.1, 0.15) is 0 Å². The number of hydrogen-bond acceptors (Lipinski definition) is 4. The van der Waals surface area contributed by atoms with Gasteiger partial charge in [0.25, 0.3) is 0 Å². The third-order valence-corrected chi connectivity index (χ3v) is 2.54. The molecule has 0 amide bonds. The van der Waals surface area contributed by atoms with E-state index in [1.54, 1.807) is 7.11 Å². The van der Waals surface area contributed by atoms with Gasteiger partial charge in [-0.1, -0.05) is 12.1 Å². The Balaban J connectivity index is 2.28. The number of methoxy groups -OCH3 is 1. The van der Waals surface area contributed by atoms with Gasteiger partial charge in [0.2, 0.25) is 5.88 Å². The molecular weight excluding hydrogens is 228 g/mol. The third kappa shape index (κ3) is 2.78. The Kier molecular flexibility index (Phi) is 3.79. The molecule has 2 rings (SSSR count). The molecule has 0 atom stereocenters. The molecule has 18 heavy (non-hydrogen) atoms. The van der Waals surface area contributed by atoms with E-state index in [4.69, 9.17) is 15.2 Å². The van der Waals surface area contributed by atoms with Gasteiger partial charge in [0.05, 0.1) is 7.11 Å². The van der Waals surface area contributed by atoms with Crippen molar-refractivity contribution < 1.29 is 9.47 Å². The van der Waals surface area contributed by atoms with E-state index in [9.17, 15) is 0 Å². The van der Waals surface area contributed by atoms with Crippen molar-refractivity contribution in [3.63, 3.8) is 0 Å². The van der Waals surface area contributed by atoms with Crippen molar-refractivity contribution in [3.8, 4) is 17.4 Å². The summed E-state index contributed by atoms with van der Waals surface area (Å²) >= 11 is 0. The summed E-state index contributed by atoms with van der Waals surface area (Å²) in [4.78, 5) is 4.28. The molecule has 4 nitrogen and oxygen atoms in total. The number of pyridine rings is 1. The average molecular weight is 244 g/mol. The fourth-order valence-electron chi connectivity index (χ4n) is 1.61. The van der Waals surface area contributed by atoms with Gasteiger partial charge in [-0.2, -0.15) is 0 Å². The van der Waals surface area contributed by atoms with Gasteiger partial charge in [-0.15, -0.1) is 0 Å². The molecule has 0 aliphatic rings. The molecule has 0 radical (unpaired) electrons. The molecule has 94 valence electrons. The maximum absolute atomic E-state index is 5.70. The lowest BCUT2D eigenvalue weighted by molar-refractivity contribution is 0.373. The minimum Gasteiger partial charge on any atom is -0.493 e. The standard InChI is InChI=1S/C14H16N2O2/c1-10-4-3-5-14(16-10)18-12-7-6-11(9-15)8-13(12)17-2/h3-8H,9,15H2,1-2H3. The fourth-order valence-corrected chi connectivity index (χ4v) is 1.61. The summed E-state index contributed by atoms with van der Waals surface area (Å²) in [7, 11) is 1.60. The minimum atomic E-state index is 0.472. The molecule has 2 aromatic rings. The second-order valence-corrected chi connectivity index (χ2v) is 3.91. The lowest BCUT2D eigenvalue weighted by Gasteiger charge is -2.11. The highest BCUT2D eigenvalue weighted by Gasteiger charge is 2.07. The normalized spacial score (nSPS) is 10.2. The Morgan fingerprint density at radius 2 is 2.00 bits per heavy atom. The van der Waals surface area contributed by atoms with E-state index in [2.05, 4.69) is 4.98 Å². The number of rotatable bonds is 4. The monoisotopic (exact) mass is 244 g/mol. The molecule has 0 aliphatic carbocycles. The van der Waals surface area contributed by atoms with Crippen LogP contribution in [-0.4, -0.2) is 12.1 Å². The lowest BCUT2D eigenvalue weighted by Crippen LogP contribution is -1.98. The number of nitrogens with zero attached hydrogens (tertiary/aromatic N) is 1. The van der Waals surface area contributed by atoms with Crippen LogP contribution >= 0.6 is 0 Å². The molecule has 1 heterocycles. The first-order valence-corrected chi connectivity index (χ1v) is 5.71. The second kappa shape index (κ2) is 5.51. The predicted molar refractivity (Wildman–Crippen MR) is 69.9 cm³/mol. The molecule has 2 N–H and O–H groups in total. The van der Waals surface area contributed by atoms with Crippen LogP contribution in [0.15, 0.2) is 36.4 Å². The number of aryl methyl sites for hydroxylation is 1. The third-order valence-electron chi connectivity index (χ3n) is 2.54. The van der Waals surface area contributed by atoms with Gasteiger partial charge in [-0.05, 0) is 30.7 Å². The van der Waals surface area contributed by atoms with Crippen molar-refractivity contribution in [1.29, 1.82) is 0 Å². The minimum absolute atomic E-state index is 0.472. The summed E-state index contributed by atoms with van der Waals surface area (Å²) in [6, 6.07) is 11.2. The van der Waals surface area contributed by atoms with Crippen LogP contribution in [0.4, 0.5) is 0 Å². The first kappa shape index (κ1) is 12.4. The number of hydrogen-bond donors (Lipinski definition) is 1. The van der Waals surface area contributed by atoms with Crippen LogP contribution in [0.1, 0.15) is 11.3 Å². The quantitative estimate of drug-likeness (QED) is 0.898. The summed E-state index contributed by atoms with van der Waals surface area (Å²) in [5.41, 5.74) is 7.49. The van der Waals surface area contributed by atoms with E-state index in [0.717, 1.165) is 11.3 Å². The number of ether oxygens (including phenoxy) is 2. The van der Waals surface area contributed by atoms with Crippen molar-refractivity contribution in [2.24, 2.45) is 5.73 Å². The van der Waals surface area contributed by atoms with Crippen LogP contribution in [-0.2, 0) is 6.54 Å². The Hall–Kier alpha value is -2.07. The van der Waals surface area contributed by atoms with Gasteiger partial charge in [-0.3, -0.25) is 0 Å². The largest absolute Gasteiger partial charge is 0.493 e. The molecular formula is C14H16N2O2. The second-order valence-electron chi connectivity index (χ2n) is 3.91. The Morgan fingerprint density at radius 1 is 1.17 bits per heavy atom.